The van der Waals surface area contributed by atoms with E-state index in [0.717, 1.165) is 5.56 Å². The highest BCUT2D eigenvalue weighted by Crippen LogP contribution is 2.16. The molecule has 1 rings (SSSR count). The summed E-state index contributed by atoms with van der Waals surface area (Å²) >= 11 is 0. The lowest BCUT2D eigenvalue weighted by molar-refractivity contribution is 0.132. The maximum absolute atomic E-state index is 12.6. The predicted molar refractivity (Wildman–Crippen MR) is 47.1 cm³/mol. The van der Waals surface area contributed by atoms with Gasteiger partial charge in [-0.2, -0.15) is 5.53 Å². The Morgan fingerprint density at radius 3 is 2.77 bits per heavy atom. The van der Waals surface area contributed by atoms with Crippen LogP contribution in [-0.4, -0.2) is 7.05 Å². The highest BCUT2D eigenvalue weighted by atomic mass is 19.1. The van der Waals surface area contributed by atoms with E-state index in [1.54, 1.807) is 20.0 Å². The summed E-state index contributed by atoms with van der Waals surface area (Å²) in [5, 5.41) is 0. The molecule has 0 fully saturated rings. The van der Waals surface area contributed by atoms with E-state index < -0.39 is 0 Å². The molecule has 1 aromatic rings. The van der Waals surface area contributed by atoms with Crippen molar-refractivity contribution in [3.8, 4) is 5.75 Å². The molecule has 1 aromatic carbocycles. The number of aryl methyl sites for hydroxylation is 1. The first-order valence-corrected chi connectivity index (χ1v) is 3.84. The van der Waals surface area contributed by atoms with E-state index >= 15 is 0 Å². The Kier molecular flexibility index (Phi) is 3.63. The van der Waals surface area contributed by atoms with Gasteiger partial charge < -0.3 is 4.84 Å². The Morgan fingerprint density at radius 1 is 1.38 bits per heavy atom. The molecule has 0 heterocycles. The Balaban J connectivity index is 2.56. The molecule has 0 aliphatic rings. The average Bonchev–Trinajstić information content (AvgIpc) is 2.09. The van der Waals surface area contributed by atoms with Gasteiger partial charge in [0.05, 0.1) is 0 Å². The summed E-state index contributed by atoms with van der Waals surface area (Å²) in [6.07, 6.45) is 0. The van der Waals surface area contributed by atoms with E-state index in [-0.39, 0.29) is 5.82 Å². The lowest BCUT2D eigenvalue weighted by Gasteiger charge is -2.09. The summed E-state index contributed by atoms with van der Waals surface area (Å²) in [7, 11) is 1.69. The molecule has 0 unspecified atom stereocenters. The molecule has 0 spiro atoms. The highest BCUT2D eigenvalue weighted by Gasteiger charge is 1.99. The molecule has 0 amide bonds. The molecule has 0 aliphatic heterocycles. The van der Waals surface area contributed by atoms with Crippen LogP contribution in [0, 0.1) is 12.7 Å². The van der Waals surface area contributed by atoms with Crippen LogP contribution in [-0.2, 0) is 0 Å². The van der Waals surface area contributed by atoms with Gasteiger partial charge in [-0.3, -0.25) is 0 Å². The SMILES string of the molecule is CNNNOc1ccc(F)cc1C. The minimum atomic E-state index is -0.272. The topological polar surface area (TPSA) is 45.3 Å². The van der Waals surface area contributed by atoms with Gasteiger partial charge in [-0.15, -0.1) is 0 Å². The number of hydrogen-bond donors (Lipinski definition) is 3. The number of hydrogen-bond acceptors (Lipinski definition) is 4. The first kappa shape index (κ1) is 9.91. The standard InChI is InChI=1S/C8H12FN3O/c1-6-5-7(9)3-4-8(6)13-12-11-10-2/h3-5,10-12H,1-2H3. The van der Waals surface area contributed by atoms with Crippen molar-refractivity contribution >= 4 is 0 Å². The van der Waals surface area contributed by atoms with Crippen molar-refractivity contribution in [2.24, 2.45) is 0 Å². The van der Waals surface area contributed by atoms with Gasteiger partial charge in [-0.25, -0.2) is 9.82 Å². The molecule has 0 radical (unpaired) electrons. The van der Waals surface area contributed by atoms with Crippen LogP contribution in [0.2, 0.25) is 0 Å². The van der Waals surface area contributed by atoms with Crippen LogP contribution in [0.15, 0.2) is 18.2 Å². The third kappa shape index (κ3) is 2.98. The molecule has 3 N–H and O–H groups in total. The first-order chi connectivity index (χ1) is 6.24. The molecule has 0 aliphatic carbocycles. The maximum atomic E-state index is 12.6. The maximum Gasteiger partial charge on any atom is 0.152 e. The second-order valence-electron chi connectivity index (χ2n) is 2.49. The molecule has 0 atom stereocenters. The second-order valence-corrected chi connectivity index (χ2v) is 2.49. The molecule has 0 bridgehead atoms. The molecule has 0 aromatic heterocycles. The van der Waals surface area contributed by atoms with Gasteiger partial charge in [0.2, 0.25) is 0 Å². The van der Waals surface area contributed by atoms with Gasteiger partial charge in [0, 0.05) is 0 Å². The van der Waals surface area contributed by atoms with Crippen molar-refractivity contribution in [1.29, 1.82) is 0 Å². The fourth-order valence-corrected chi connectivity index (χ4v) is 0.859. The number of benzene rings is 1. The van der Waals surface area contributed by atoms with Gasteiger partial charge in [-0.1, -0.05) is 5.59 Å². The zero-order chi connectivity index (χ0) is 9.68. The number of nitrogens with one attached hydrogen (secondary N) is 3. The molecule has 4 nitrogen and oxygen atoms in total. The number of rotatable bonds is 4. The van der Waals surface area contributed by atoms with E-state index in [1.165, 1.54) is 12.1 Å². The molecule has 0 saturated carbocycles. The van der Waals surface area contributed by atoms with E-state index in [1.807, 2.05) is 0 Å². The van der Waals surface area contributed by atoms with Crippen LogP contribution in [0.5, 0.6) is 5.75 Å². The second kappa shape index (κ2) is 4.76. The summed E-state index contributed by atoms with van der Waals surface area (Å²) in [4.78, 5) is 5.04. The number of halogens is 1. The Bertz CT molecular complexity index is 280. The van der Waals surface area contributed by atoms with Gasteiger partial charge in [0.1, 0.15) is 5.82 Å². The molecular formula is C8H12FN3O. The molecule has 72 valence electrons. The summed E-state index contributed by atoms with van der Waals surface area (Å²) in [5.41, 5.74) is 8.29. The molecule has 0 saturated heterocycles. The van der Waals surface area contributed by atoms with E-state index in [4.69, 9.17) is 4.84 Å². The predicted octanol–water partition coefficient (Wildman–Crippen LogP) is 0.657. The van der Waals surface area contributed by atoms with Gasteiger partial charge >= 0.3 is 0 Å². The van der Waals surface area contributed by atoms with Crippen molar-refractivity contribution < 1.29 is 9.23 Å². The number of hydrazine groups is 2. The van der Waals surface area contributed by atoms with Crippen LogP contribution < -0.4 is 21.4 Å². The Hall–Kier alpha value is -1.17. The molecule has 13 heavy (non-hydrogen) atoms. The fourth-order valence-electron chi connectivity index (χ4n) is 0.859. The van der Waals surface area contributed by atoms with Crippen LogP contribution in [0.1, 0.15) is 5.56 Å². The van der Waals surface area contributed by atoms with Gasteiger partial charge in [0.25, 0.3) is 0 Å². The zero-order valence-corrected chi connectivity index (χ0v) is 7.52. The average molecular weight is 185 g/mol. The van der Waals surface area contributed by atoms with Gasteiger partial charge in [-0.05, 0) is 37.7 Å². The monoisotopic (exact) mass is 185 g/mol. The van der Waals surface area contributed by atoms with Crippen molar-refractivity contribution in [1.82, 2.24) is 16.5 Å². The van der Waals surface area contributed by atoms with Crippen LogP contribution in [0.25, 0.3) is 0 Å². The van der Waals surface area contributed by atoms with Crippen LogP contribution >= 0.6 is 0 Å². The van der Waals surface area contributed by atoms with Crippen molar-refractivity contribution in [3.63, 3.8) is 0 Å². The zero-order valence-electron chi connectivity index (χ0n) is 7.52. The normalized spacial score (nSPS) is 10.1. The fraction of sp³-hybridized carbons (Fsp3) is 0.250. The highest BCUT2D eigenvalue weighted by molar-refractivity contribution is 5.32. The minimum absolute atomic E-state index is 0.272. The lowest BCUT2D eigenvalue weighted by atomic mass is 10.2. The van der Waals surface area contributed by atoms with Crippen LogP contribution in [0.4, 0.5) is 4.39 Å². The van der Waals surface area contributed by atoms with Crippen LogP contribution in [0.3, 0.4) is 0 Å². The Labute approximate surface area is 76.0 Å². The summed E-state index contributed by atoms with van der Waals surface area (Å²) in [6, 6.07) is 4.29. The van der Waals surface area contributed by atoms with E-state index in [9.17, 15) is 4.39 Å². The molecule has 5 heteroatoms. The quantitative estimate of drug-likeness (QED) is 0.476. The van der Waals surface area contributed by atoms with Gasteiger partial charge in [0.15, 0.2) is 5.75 Å². The smallest absolute Gasteiger partial charge is 0.152 e. The van der Waals surface area contributed by atoms with E-state index in [2.05, 4.69) is 16.5 Å². The largest absolute Gasteiger partial charge is 0.392 e. The third-order valence-electron chi connectivity index (χ3n) is 1.47. The van der Waals surface area contributed by atoms with E-state index in [0.29, 0.717) is 5.75 Å². The summed E-state index contributed by atoms with van der Waals surface area (Å²) < 4.78 is 12.6. The third-order valence-corrected chi connectivity index (χ3v) is 1.47. The van der Waals surface area contributed by atoms with Crippen molar-refractivity contribution in [2.45, 2.75) is 6.92 Å². The first-order valence-electron chi connectivity index (χ1n) is 3.84. The lowest BCUT2D eigenvalue weighted by Crippen LogP contribution is -2.42. The summed E-state index contributed by atoms with van der Waals surface area (Å²) in [5.74, 6) is 0.301. The van der Waals surface area contributed by atoms with Crippen molar-refractivity contribution in [3.05, 3.63) is 29.6 Å². The molecular weight excluding hydrogens is 173 g/mol. The minimum Gasteiger partial charge on any atom is -0.392 e. The Morgan fingerprint density at radius 2 is 2.15 bits per heavy atom. The summed E-state index contributed by atoms with van der Waals surface area (Å²) in [6.45, 7) is 1.76. The van der Waals surface area contributed by atoms with Crippen molar-refractivity contribution in [2.75, 3.05) is 7.05 Å².